The molecule has 0 fully saturated rings. The van der Waals surface area contributed by atoms with Gasteiger partial charge in [0, 0.05) is 0 Å². The predicted molar refractivity (Wildman–Crippen MR) is 76.0 cm³/mol. The molecule has 0 heterocycles. The zero-order valence-electron chi connectivity index (χ0n) is 12.3. The summed E-state index contributed by atoms with van der Waals surface area (Å²) in [7, 11) is 0. The van der Waals surface area contributed by atoms with E-state index in [2.05, 4.69) is 5.32 Å². The molecule has 2 N–H and O–H groups in total. The van der Waals surface area contributed by atoms with E-state index >= 15 is 0 Å². The molecule has 0 bridgehead atoms. The summed E-state index contributed by atoms with van der Waals surface area (Å²) in [4.78, 5) is 22.1. The van der Waals surface area contributed by atoms with Crippen molar-refractivity contribution in [2.24, 2.45) is 0 Å². The van der Waals surface area contributed by atoms with E-state index in [1.54, 1.807) is 0 Å². The number of amides is 1. The Morgan fingerprint density at radius 1 is 1.25 bits per heavy atom. The van der Waals surface area contributed by atoms with Crippen LogP contribution >= 0.6 is 0 Å². The summed E-state index contributed by atoms with van der Waals surface area (Å²) in [5.74, 6) is -0.586. The molecule has 0 aliphatic carbocycles. The molecule has 0 aliphatic heterocycles. The molecule has 1 amide bonds. The summed E-state index contributed by atoms with van der Waals surface area (Å²) in [6.07, 6.45) is 0.129. The summed E-state index contributed by atoms with van der Waals surface area (Å²) >= 11 is 0. The van der Waals surface area contributed by atoms with Crippen LogP contribution in [0.3, 0.4) is 0 Å². The number of hydrogen-bond donors (Lipinski definition) is 2. The van der Waals surface area contributed by atoms with Gasteiger partial charge in [0.2, 0.25) is 5.91 Å². The lowest BCUT2D eigenvalue weighted by atomic mass is 10.1. The Morgan fingerprint density at radius 2 is 1.85 bits per heavy atom. The normalized spacial score (nSPS) is 11.8. The Kier molecular flexibility index (Phi) is 5.55. The maximum Gasteiger partial charge on any atom is 0.325 e. The fourth-order valence-electron chi connectivity index (χ4n) is 1.77. The van der Waals surface area contributed by atoms with E-state index in [0.29, 0.717) is 0 Å². The zero-order valence-corrected chi connectivity index (χ0v) is 12.3. The van der Waals surface area contributed by atoms with Crippen LogP contribution in [-0.2, 0) is 9.59 Å². The minimum absolute atomic E-state index is 0.129. The third kappa shape index (κ3) is 4.26. The van der Waals surface area contributed by atoms with Crippen LogP contribution in [0, 0.1) is 20.8 Å². The molecule has 0 aromatic heterocycles. The molecular weight excluding hydrogens is 258 g/mol. The summed E-state index contributed by atoms with van der Waals surface area (Å²) in [6.45, 7) is 7.58. The molecule has 0 radical (unpaired) electrons. The standard InChI is InChI=1S/C15H21NO4/c1-9-5-6-10(2)14(11(9)3)20-8-7-13(17)16-12(4)15(18)19/h5-6,12H,7-8H2,1-4H3,(H,16,17)(H,18,19). The SMILES string of the molecule is Cc1ccc(C)c(OCCC(=O)NC(C)C(=O)O)c1C. The Hall–Kier alpha value is -2.04. The predicted octanol–water partition coefficient (Wildman–Crippen LogP) is 1.97. The summed E-state index contributed by atoms with van der Waals surface area (Å²) in [5, 5.41) is 11.1. The highest BCUT2D eigenvalue weighted by Gasteiger charge is 2.14. The van der Waals surface area contributed by atoms with Crippen molar-refractivity contribution in [3.05, 3.63) is 28.8 Å². The van der Waals surface area contributed by atoms with Crippen molar-refractivity contribution in [2.75, 3.05) is 6.61 Å². The van der Waals surface area contributed by atoms with Crippen molar-refractivity contribution in [1.82, 2.24) is 5.32 Å². The van der Waals surface area contributed by atoms with E-state index < -0.39 is 12.0 Å². The van der Waals surface area contributed by atoms with Crippen molar-refractivity contribution in [2.45, 2.75) is 40.2 Å². The summed E-state index contributed by atoms with van der Waals surface area (Å²) < 4.78 is 5.65. The lowest BCUT2D eigenvalue weighted by Gasteiger charge is -2.14. The van der Waals surface area contributed by atoms with E-state index in [1.165, 1.54) is 6.92 Å². The molecule has 1 rings (SSSR count). The highest BCUT2D eigenvalue weighted by Crippen LogP contribution is 2.25. The summed E-state index contributed by atoms with van der Waals surface area (Å²) in [5.41, 5.74) is 3.21. The third-order valence-electron chi connectivity index (χ3n) is 3.20. The average Bonchev–Trinajstić information content (AvgIpc) is 2.38. The maximum atomic E-state index is 11.5. The largest absolute Gasteiger partial charge is 0.492 e. The van der Waals surface area contributed by atoms with E-state index in [4.69, 9.17) is 9.84 Å². The highest BCUT2D eigenvalue weighted by atomic mass is 16.5. The first kappa shape index (κ1) is 16.0. The molecule has 1 aromatic carbocycles. The lowest BCUT2D eigenvalue weighted by molar-refractivity contribution is -0.141. The number of aryl methyl sites for hydroxylation is 2. The number of carboxylic acids is 1. The van der Waals surface area contributed by atoms with Crippen molar-refractivity contribution < 1.29 is 19.4 Å². The first-order valence-corrected chi connectivity index (χ1v) is 6.54. The number of rotatable bonds is 6. The number of carbonyl (C=O) groups is 2. The van der Waals surface area contributed by atoms with Gasteiger partial charge >= 0.3 is 5.97 Å². The number of ether oxygens (including phenoxy) is 1. The Balaban J connectivity index is 2.51. The fourth-order valence-corrected chi connectivity index (χ4v) is 1.77. The lowest BCUT2D eigenvalue weighted by Crippen LogP contribution is -2.38. The van der Waals surface area contributed by atoms with E-state index in [0.717, 1.165) is 22.4 Å². The van der Waals surface area contributed by atoms with Gasteiger partial charge in [0.1, 0.15) is 11.8 Å². The van der Waals surface area contributed by atoms with Gasteiger partial charge < -0.3 is 15.2 Å². The van der Waals surface area contributed by atoms with Crippen LogP contribution in [0.2, 0.25) is 0 Å². The summed E-state index contributed by atoms with van der Waals surface area (Å²) in [6, 6.07) is 3.12. The van der Waals surface area contributed by atoms with Gasteiger partial charge in [0.15, 0.2) is 0 Å². The van der Waals surface area contributed by atoms with Crippen molar-refractivity contribution in [1.29, 1.82) is 0 Å². The molecule has 110 valence electrons. The maximum absolute atomic E-state index is 11.5. The Bertz CT molecular complexity index is 511. The molecule has 1 unspecified atom stereocenters. The third-order valence-corrected chi connectivity index (χ3v) is 3.20. The highest BCUT2D eigenvalue weighted by molar-refractivity contribution is 5.83. The molecule has 20 heavy (non-hydrogen) atoms. The number of benzene rings is 1. The Morgan fingerprint density at radius 3 is 2.45 bits per heavy atom. The number of hydrogen-bond acceptors (Lipinski definition) is 3. The first-order valence-electron chi connectivity index (χ1n) is 6.54. The van der Waals surface area contributed by atoms with Crippen LogP contribution in [0.15, 0.2) is 12.1 Å². The average molecular weight is 279 g/mol. The Labute approximate surface area is 118 Å². The number of aliphatic carboxylic acids is 1. The first-order chi connectivity index (χ1) is 9.32. The molecular formula is C15H21NO4. The molecule has 0 aliphatic rings. The molecule has 1 aromatic rings. The molecule has 0 saturated carbocycles. The minimum Gasteiger partial charge on any atom is -0.492 e. The van der Waals surface area contributed by atoms with Crippen LogP contribution in [0.4, 0.5) is 0 Å². The molecule has 5 heteroatoms. The van der Waals surface area contributed by atoms with Gasteiger partial charge in [-0.1, -0.05) is 12.1 Å². The zero-order chi connectivity index (χ0) is 15.3. The van der Waals surface area contributed by atoms with Crippen molar-refractivity contribution in [3.8, 4) is 5.75 Å². The van der Waals surface area contributed by atoms with Crippen LogP contribution < -0.4 is 10.1 Å². The van der Waals surface area contributed by atoms with Gasteiger partial charge in [-0.15, -0.1) is 0 Å². The van der Waals surface area contributed by atoms with Crippen LogP contribution in [-0.4, -0.2) is 29.6 Å². The number of nitrogens with one attached hydrogen (secondary N) is 1. The van der Waals surface area contributed by atoms with E-state index in [9.17, 15) is 9.59 Å². The second-order valence-electron chi connectivity index (χ2n) is 4.88. The van der Waals surface area contributed by atoms with Crippen LogP contribution in [0.5, 0.6) is 5.75 Å². The molecule has 0 saturated heterocycles. The number of carboxylic acid groups (broad SMARTS) is 1. The molecule has 5 nitrogen and oxygen atoms in total. The van der Waals surface area contributed by atoms with Gasteiger partial charge in [0.05, 0.1) is 13.0 Å². The molecule has 0 spiro atoms. The van der Waals surface area contributed by atoms with Crippen molar-refractivity contribution in [3.63, 3.8) is 0 Å². The van der Waals surface area contributed by atoms with E-state index in [1.807, 2.05) is 32.9 Å². The molecule has 1 atom stereocenters. The van der Waals surface area contributed by atoms with Gasteiger partial charge in [-0.3, -0.25) is 9.59 Å². The van der Waals surface area contributed by atoms with Gasteiger partial charge in [-0.05, 0) is 44.4 Å². The van der Waals surface area contributed by atoms with Crippen LogP contribution in [0.25, 0.3) is 0 Å². The second kappa shape index (κ2) is 6.93. The topological polar surface area (TPSA) is 75.6 Å². The minimum atomic E-state index is -1.05. The van der Waals surface area contributed by atoms with Crippen LogP contribution in [0.1, 0.15) is 30.0 Å². The quantitative estimate of drug-likeness (QED) is 0.834. The smallest absolute Gasteiger partial charge is 0.325 e. The fraction of sp³-hybridized carbons (Fsp3) is 0.467. The van der Waals surface area contributed by atoms with Gasteiger partial charge in [-0.25, -0.2) is 0 Å². The van der Waals surface area contributed by atoms with Gasteiger partial charge in [0.25, 0.3) is 0 Å². The second-order valence-corrected chi connectivity index (χ2v) is 4.88. The van der Waals surface area contributed by atoms with Crippen molar-refractivity contribution >= 4 is 11.9 Å². The number of carbonyl (C=O) groups excluding carboxylic acids is 1. The van der Waals surface area contributed by atoms with Gasteiger partial charge in [-0.2, -0.15) is 0 Å². The van der Waals surface area contributed by atoms with E-state index in [-0.39, 0.29) is 18.9 Å². The monoisotopic (exact) mass is 279 g/mol.